The molecular formula is C18H21N3O5. The summed E-state index contributed by atoms with van der Waals surface area (Å²) in [7, 11) is 3.11. The van der Waals surface area contributed by atoms with Gasteiger partial charge < -0.3 is 24.4 Å². The smallest absolute Gasteiger partial charge is 0.338 e. The summed E-state index contributed by atoms with van der Waals surface area (Å²) in [5.41, 5.74) is 1.58. The van der Waals surface area contributed by atoms with Gasteiger partial charge in [0.2, 0.25) is 0 Å². The molecule has 0 aromatic heterocycles. The number of carbonyl (C=O) groups excluding carboxylic acids is 2. The lowest BCUT2D eigenvalue weighted by atomic mass is 9.95. The molecule has 1 atom stereocenters. The van der Waals surface area contributed by atoms with Crippen molar-refractivity contribution in [2.24, 2.45) is 0 Å². The SMILES string of the molecule is COCCOC(=O)C1=C(C)N(C)C(=O)N[C@H]1c1ccc(OCC#N)cc1. The van der Waals surface area contributed by atoms with Crippen LogP contribution < -0.4 is 10.1 Å². The van der Waals surface area contributed by atoms with Gasteiger partial charge in [-0.1, -0.05) is 12.1 Å². The molecule has 1 aromatic carbocycles. The Morgan fingerprint density at radius 3 is 2.62 bits per heavy atom. The van der Waals surface area contributed by atoms with Gasteiger partial charge in [-0.3, -0.25) is 0 Å². The van der Waals surface area contributed by atoms with Crippen molar-refractivity contribution in [3.05, 3.63) is 41.1 Å². The van der Waals surface area contributed by atoms with Crippen molar-refractivity contribution < 1.29 is 23.8 Å². The number of rotatable bonds is 7. The molecule has 2 rings (SSSR count). The van der Waals surface area contributed by atoms with Gasteiger partial charge in [0.15, 0.2) is 6.61 Å². The van der Waals surface area contributed by atoms with E-state index in [4.69, 9.17) is 19.5 Å². The monoisotopic (exact) mass is 359 g/mol. The number of benzene rings is 1. The molecule has 0 unspecified atom stereocenters. The van der Waals surface area contributed by atoms with Crippen LogP contribution >= 0.6 is 0 Å². The minimum absolute atomic E-state index is 0.0552. The second-order valence-electron chi connectivity index (χ2n) is 5.59. The Bertz CT molecular complexity index is 736. The van der Waals surface area contributed by atoms with E-state index in [1.54, 1.807) is 38.2 Å². The van der Waals surface area contributed by atoms with Gasteiger partial charge in [0.25, 0.3) is 0 Å². The number of esters is 1. The summed E-state index contributed by atoms with van der Waals surface area (Å²) in [5, 5.41) is 11.4. The summed E-state index contributed by atoms with van der Waals surface area (Å²) < 4.78 is 15.4. The minimum atomic E-state index is -0.640. The van der Waals surface area contributed by atoms with E-state index in [0.717, 1.165) is 0 Å². The van der Waals surface area contributed by atoms with Crippen molar-refractivity contribution >= 4 is 12.0 Å². The number of carbonyl (C=O) groups is 2. The minimum Gasteiger partial charge on any atom is -0.479 e. The maximum atomic E-state index is 12.6. The third-order valence-electron chi connectivity index (χ3n) is 4.01. The van der Waals surface area contributed by atoms with E-state index >= 15 is 0 Å². The first-order valence-electron chi connectivity index (χ1n) is 8.00. The van der Waals surface area contributed by atoms with Gasteiger partial charge in [-0.15, -0.1) is 0 Å². The zero-order chi connectivity index (χ0) is 19.1. The van der Waals surface area contributed by atoms with E-state index < -0.39 is 12.0 Å². The molecule has 1 aliphatic heterocycles. The Hall–Kier alpha value is -3.05. The molecule has 2 amide bonds. The van der Waals surface area contributed by atoms with E-state index in [1.165, 1.54) is 12.0 Å². The zero-order valence-electron chi connectivity index (χ0n) is 14.9. The number of allylic oxidation sites excluding steroid dienone is 1. The number of urea groups is 1. The van der Waals surface area contributed by atoms with Crippen LogP contribution in [0.1, 0.15) is 18.5 Å². The van der Waals surface area contributed by atoms with E-state index in [-0.39, 0.29) is 25.9 Å². The zero-order valence-corrected chi connectivity index (χ0v) is 14.9. The molecule has 8 nitrogen and oxygen atoms in total. The number of nitriles is 1. The first-order chi connectivity index (χ1) is 12.5. The van der Waals surface area contributed by atoms with Crippen LogP contribution in [0, 0.1) is 11.3 Å². The van der Waals surface area contributed by atoms with Crippen LogP contribution in [0.25, 0.3) is 0 Å². The van der Waals surface area contributed by atoms with Gasteiger partial charge in [-0.25, -0.2) is 9.59 Å². The van der Waals surface area contributed by atoms with Crippen molar-refractivity contribution in [1.82, 2.24) is 10.2 Å². The fourth-order valence-corrected chi connectivity index (χ4v) is 2.52. The maximum absolute atomic E-state index is 12.6. The number of hydrogen-bond donors (Lipinski definition) is 1. The Morgan fingerprint density at radius 2 is 2.00 bits per heavy atom. The fourth-order valence-electron chi connectivity index (χ4n) is 2.52. The molecule has 8 heteroatoms. The molecule has 0 saturated carbocycles. The van der Waals surface area contributed by atoms with Crippen molar-refractivity contribution in [3.8, 4) is 11.8 Å². The third-order valence-corrected chi connectivity index (χ3v) is 4.01. The van der Waals surface area contributed by atoms with Crippen LogP contribution in [-0.2, 0) is 14.3 Å². The van der Waals surface area contributed by atoms with E-state index in [2.05, 4.69) is 5.32 Å². The average Bonchev–Trinajstić information content (AvgIpc) is 2.64. The second-order valence-corrected chi connectivity index (χ2v) is 5.59. The molecule has 1 aromatic rings. The summed E-state index contributed by atoms with van der Waals surface area (Å²) in [6, 6.07) is 7.77. The third kappa shape index (κ3) is 4.32. The topological polar surface area (TPSA) is 101 Å². The number of methoxy groups -OCH3 is 1. The predicted octanol–water partition coefficient (Wildman–Crippen LogP) is 1.75. The lowest BCUT2D eigenvalue weighted by Crippen LogP contribution is -2.46. The summed E-state index contributed by atoms with van der Waals surface area (Å²) in [6.07, 6.45) is 0. The number of nitrogens with zero attached hydrogens (tertiary/aromatic N) is 2. The van der Waals surface area contributed by atoms with Crippen molar-refractivity contribution in [2.45, 2.75) is 13.0 Å². The van der Waals surface area contributed by atoms with Gasteiger partial charge in [0, 0.05) is 19.9 Å². The highest BCUT2D eigenvalue weighted by atomic mass is 16.6. The summed E-state index contributed by atoms with van der Waals surface area (Å²) >= 11 is 0. The molecule has 1 heterocycles. The number of nitrogens with one attached hydrogen (secondary N) is 1. The van der Waals surface area contributed by atoms with Crippen LogP contribution in [0.5, 0.6) is 5.75 Å². The lowest BCUT2D eigenvalue weighted by Gasteiger charge is -2.33. The normalized spacial score (nSPS) is 16.8. The van der Waals surface area contributed by atoms with Crippen LogP contribution in [0.3, 0.4) is 0 Å². The molecule has 0 saturated heterocycles. The van der Waals surface area contributed by atoms with Crippen LogP contribution in [0.15, 0.2) is 35.5 Å². The fraction of sp³-hybridized carbons (Fsp3) is 0.389. The molecule has 138 valence electrons. The summed E-state index contributed by atoms with van der Waals surface area (Å²) in [6.45, 7) is 2.05. The highest BCUT2D eigenvalue weighted by Crippen LogP contribution is 2.31. The van der Waals surface area contributed by atoms with Gasteiger partial charge in [0.05, 0.1) is 18.2 Å². The van der Waals surface area contributed by atoms with Gasteiger partial charge in [-0.05, 0) is 24.6 Å². The van der Waals surface area contributed by atoms with E-state index in [1.807, 2.05) is 6.07 Å². The van der Waals surface area contributed by atoms with E-state index in [9.17, 15) is 9.59 Å². The highest BCUT2D eigenvalue weighted by molar-refractivity contribution is 5.95. The summed E-state index contributed by atoms with van der Waals surface area (Å²) in [5.74, 6) is 0.0145. The molecular weight excluding hydrogens is 338 g/mol. The van der Waals surface area contributed by atoms with Gasteiger partial charge in [0.1, 0.15) is 18.4 Å². The number of amides is 2. The Balaban J connectivity index is 2.30. The highest BCUT2D eigenvalue weighted by Gasteiger charge is 2.34. The average molecular weight is 359 g/mol. The first kappa shape index (κ1) is 19.3. The van der Waals surface area contributed by atoms with Crippen LogP contribution in [-0.4, -0.2) is 50.9 Å². The Morgan fingerprint density at radius 1 is 1.31 bits per heavy atom. The van der Waals surface area contributed by atoms with Gasteiger partial charge >= 0.3 is 12.0 Å². The Kier molecular flexibility index (Phi) is 6.58. The van der Waals surface area contributed by atoms with E-state index in [0.29, 0.717) is 22.6 Å². The molecule has 26 heavy (non-hydrogen) atoms. The van der Waals surface area contributed by atoms with Crippen molar-refractivity contribution in [3.63, 3.8) is 0 Å². The Labute approximate surface area is 151 Å². The molecule has 0 bridgehead atoms. The molecule has 0 fully saturated rings. The molecule has 0 spiro atoms. The molecule has 1 aliphatic rings. The quantitative estimate of drug-likeness (QED) is 0.588. The van der Waals surface area contributed by atoms with Crippen molar-refractivity contribution in [2.75, 3.05) is 34.0 Å². The predicted molar refractivity (Wildman–Crippen MR) is 92.1 cm³/mol. The van der Waals surface area contributed by atoms with Gasteiger partial charge in [-0.2, -0.15) is 5.26 Å². The molecule has 0 radical (unpaired) electrons. The molecule has 1 N–H and O–H groups in total. The molecule has 0 aliphatic carbocycles. The standard InChI is InChI=1S/C18H21N3O5/c1-12-15(17(22)26-11-10-24-3)16(20-18(23)21(12)2)13-4-6-14(7-5-13)25-9-8-19/h4-7,16H,9-11H2,1-3H3,(H,20,23)/t16-/m0/s1. The lowest BCUT2D eigenvalue weighted by molar-refractivity contribution is -0.140. The van der Waals surface area contributed by atoms with Crippen LogP contribution in [0.2, 0.25) is 0 Å². The largest absolute Gasteiger partial charge is 0.479 e. The maximum Gasteiger partial charge on any atom is 0.338 e. The number of ether oxygens (including phenoxy) is 3. The van der Waals surface area contributed by atoms with Crippen LogP contribution in [0.4, 0.5) is 4.79 Å². The number of hydrogen-bond acceptors (Lipinski definition) is 6. The first-order valence-corrected chi connectivity index (χ1v) is 8.00. The van der Waals surface area contributed by atoms with Crippen molar-refractivity contribution in [1.29, 1.82) is 5.26 Å². The second kappa shape index (κ2) is 8.87. The summed E-state index contributed by atoms with van der Waals surface area (Å²) in [4.78, 5) is 26.1.